The van der Waals surface area contributed by atoms with Gasteiger partial charge in [0.25, 0.3) is 11.8 Å². The number of fused-ring (bicyclic) bond motifs is 1. The van der Waals surface area contributed by atoms with Crippen molar-refractivity contribution in [3.63, 3.8) is 0 Å². The Morgan fingerprint density at radius 2 is 1.74 bits per heavy atom. The molecule has 0 saturated carbocycles. The van der Waals surface area contributed by atoms with Crippen molar-refractivity contribution in [3.05, 3.63) is 100 Å². The third-order valence-electron chi connectivity index (χ3n) is 5.82. The number of ether oxygens (including phenoxy) is 1. The minimum atomic E-state index is -0.326. The number of hydrogen-bond acceptors (Lipinski definition) is 4. The van der Waals surface area contributed by atoms with Gasteiger partial charge >= 0.3 is 0 Å². The summed E-state index contributed by atoms with van der Waals surface area (Å²) in [6, 6.07) is 21.3. The van der Waals surface area contributed by atoms with Crippen molar-refractivity contribution in [2.75, 3.05) is 31.2 Å². The van der Waals surface area contributed by atoms with Gasteiger partial charge < -0.3 is 14.5 Å². The molecule has 34 heavy (non-hydrogen) atoms. The largest absolute Gasteiger partial charge is 0.378 e. The van der Waals surface area contributed by atoms with Crippen molar-refractivity contribution < 1.29 is 18.7 Å². The molecule has 2 amide bonds. The minimum absolute atomic E-state index is 0.0732. The van der Waals surface area contributed by atoms with E-state index in [4.69, 9.17) is 4.74 Å². The van der Waals surface area contributed by atoms with Crippen LogP contribution in [0.15, 0.2) is 82.6 Å². The molecule has 0 aromatic heterocycles. The number of benzene rings is 3. The molecule has 5 rings (SSSR count). The molecule has 0 atom stereocenters. The third kappa shape index (κ3) is 4.76. The van der Waals surface area contributed by atoms with E-state index in [0.717, 1.165) is 16.0 Å². The lowest BCUT2D eigenvalue weighted by Gasteiger charge is -2.32. The quantitative estimate of drug-likeness (QED) is 0.501. The highest BCUT2D eigenvalue weighted by molar-refractivity contribution is 8.04. The topological polar surface area (TPSA) is 49.9 Å². The molecule has 0 bridgehead atoms. The van der Waals surface area contributed by atoms with Crippen LogP contribution in [-0.4, -0.2) is 43.0 Å². The highest BCUT2D eigenvalue weighted by atomic mass is 32.2. The molecule has 2 heterocycles. The van der Waals surface area contributed by atoms with Gasteiger partial charge in [-0.1, -0.05) is 54.2 Å². The maximum Gasteiger partial charge on any atom is 0.265 e. The van der Waals surface area contributed by atoms with Crippen molar-refractivity contribution in [2.24, 2.45) is 0 Å². The number of thioether (sulfide) groups is 1. The number of morpholine rings is 1. The molecule has 0 radical (unpaired) electrons. The number of nitrogens with zero attached hydrogens (tertiary/aromatic N) is 2. The van der Waals surface area contributed by atoms with Crippen molar-refractivity contribution in [3.8, 4) is 0 Å². The van der Waals surface area contributed by atoms with E-state index in [0.29, 0.717) is 42.5 Å². The van der Waals surface area contributed by atoms with E-state index in [1.807, 2.05) is 48.5 Å². The predicted molar refractivity (Wildman–Crippen MR) is 131 cm³/mol. The van der Waals surface area contributed by atoms with Crippen LogP contribution >= 0.6 is 11.8 Å². The van der Waals surface area contributed by atoms with Crippen LogP contribution in [0.1, 0.15) is 21.5 Å². The van der Waals surface area contributed by atoms with E-state index in [-0.39, 0.29) is 24.2 Å². The van der Waals surface area contributed by atoms with E-state index in [1.165, 1.54) is 23.9 Å². The van der Waals surface area contributed by atoms with Gasteiger partial charge in [-0.15, -0.1) is 0 Å². The Labute approximate surface area is 201 Å². The Morgan fingerprint density at radius 1 is 1.00 bits per heavy atom. The smallest absolute Gasteiger partial charge is 0.265 e. The molecular weight excluding hydrogens is 451 g/mol. The van der Waals surface area contributed by atoms with Crippen LogP contribution in [0.4, 0.5) is 10.1 Å². The van der Waals surface area contributed by atoms with Gasteiger partial charge in [0.05, 0.1) is 30.4 Å². The average molecular weight is 475 g/mol. The first-order chi connectivity index (χ1) is 16.6. The van der Waals surface area contributed by atoms with Crippen LogP contribution in [0.2, 0.25) is 0 Å². The number of carbonyl (C=O) groups excluding carboxylic acids is 2. The van der Waals surface area contributed by atoms with Crippen LogP contribution in [0.3, 0.4) is 0 Å². The number of carbonyl (C=O) groups is 2. The summed E-state index contributed by atoms with van der Waals surface area (Å²) < 4.78 is 18.8. The molecule has 1 fully saturated rings. The molecule has 2 aliphatic heterocycles. The van der Waals surface area contributed by atoms with Crippen molar-refractivity contribution in [2.45, 2.75) is 11.4 Å². The summed E-state index contributed by atoms with van der Waals surface area (Å²) in [7, 11) is 0. The summed E-state index contributed by atoms with van der Waals surface area (Å²) in [5, 5.41) is 0. The first-order valence-corrected chi connectivity index (χ1v) is 11.9. The highest BCUT2D eigenvalue weighted by Crippen LogP contribution is 2.43. The van der Waals surface area contributed by atoms with E-state index >= 15 is 0 Å². The molecule has 2 aliphatic rings. The molecule has 7 heteroatoms. The minimum Gasteiger partial charge on any atom is -0.378 e. The van der Waals surface area contributed by atoms with E-state index in [9.17, 15) is 14.0 Å². The van der Waals surface area contributed by atoms with Gasteiger partial charge in [0.15, 0.2) is 0 Å². The Balaban J connectivity index is 1.52. The second-order valence-corrected chi connectivity index (χ2v) is 9.21. The Bertz CT molecular complexity index is 1240. The number of amides is 2. The average Bonchev–Trinajstić information content (AvgIpc) is 2.88. The lowest BCUT2D eigenvalue weighted by molar-refractivity contribution is -0.114. The summed E-state index contributed by atoms with van der Waals surface area (Å²) in [6.07, 6.45) is 1.88. The number of halogens is 1. The standard InChI is InChI=1S/C27H23FN2O3S/c28-22-9-6-20(7-10-22)18-30-23-17-21(26(31)29-12-14-33-15-13-29)8-11-24(23)34-25(27(30)32)16-19-4-2-1-3-5-19/h1-11,16-17H,12-15,18H2. The normalized spacial score (nSPS) is 17.1. The van der Waals surface area contributed by atoms with Gasteiger partial charge in [-0.25, -0.2) is 4.39 Å². The number of hydrogen-bond donors (Lipinski definition) is 0. The Hall–Kier alpha value is -3.42. The molecule has 3 aromatic carbocycles. The van der Waals surface area contributed by atoms with Crippen LogP contribution in [0, 0.1) is 5.82 Å². The molecule has 5 nitrogen and oxygen atoms in total. The SMILES string of the molecule is O=C(c1ccc2c(c1)N(Cc1ccc(F)cc1)C(=O)C(=Cc1ccccc1)S2)N1CCOCC1. The third-order valence-corrected chi connectivity index (χ3v) is 6.90. The Kier molecular flexibility index (Phi) is 6.47. The number of anilines is 1. The van der Waals surface area contributed by atoms with Gasteiger partial charge in [0.2, 0.25) is 0 Å². The van der Waals surface area contributed by atoms with Gasteiger partial charge in [-0.05, 0) is 47.5 Å². The zero-order chi connectivity index (χ0) is 23.5. The van der Waals surface area contributed by atoms with Crippen molar-refractivity contribution in [1.29, 1.82) is 0 Å². The van der Waals surface area contributed by atoms with E-state index < -0.39 is 0 Å². The molecule has 3 aromatic rings. The first kappa shape index (κ1) is 22.4. The second kappa shape index (κ2) is 9.83. The van der Waals surface area contributed by atoms with Crippen LogP contribution in [-0.2, 0) is 16.1 Å². The summed E-state index contributed by atoms with van der Waals surface area (Å²) in [5.74, 6) is -0.551. The Morgan fingerprint density at radius 3 is 2.47 bits per heavy atom. The van der Waals surface area contributed by atoms with Crippen LogP contribution in [0.25, 0.3) is 6.08 Å². The zero-order valence-corrected chi connectivity index (χ0v) is 19.3. The summed E-state index contributed by atoms with van der Waals surface area (Å²) in [4.78, 5) is 31.6. The highest BCUT2D eigenvalue weighted by Gasteiger charge is 2.31. The fourth-order valence-electron chi connectivity index (χ4n) is 4.02. The van der Waals surface area contributed by atoms with Crippen molar-refractivity contribution in [1.82, 2.24) is 4.90 Å². The molecular formula is C27H23FN2O3S. The van der Waals surface area contributed by atoms with Gasteiger partial charge in [-0.2, -0.15) is 0 Å². The fraction of sp³-hybridized carbons (Fsp3) is 0.185. The fourth-order valence-corrected chi connectivity index (χ4v) is 5.06. The summed E-state index contributed by atoms with van der Waals surface area (Å²) >= 11 is 1.40. The lowest BCUT2D eigenvalue weighted by Crippen LogP contribution is -2.41. The molecule has 0 N–H and O–H groups in total. The maximum absolute atomic E-state index is 13.6. The molecule has 0 aliphatic carbocycles. The number of rotatable bonds is 4. The molecule has 172 valence electrons. The maximum atomic E-state index is 13.6. The molecule has 1 saturated heterocycles. The second-order valence-electron chi connectivity index (χ2n) is 8.13. The molecule has 0 unspecified atom stereocenters. The van der Waals surface area contributed by atoms with Gasteiger partial charge in [0.1, 0.15) is 5.82 Å². The molecule has 0 spiro atoms. The summed E-state index contributed by atoms with van der Waals surface area (Å²) in [6.45, 7) is 2.42. The first-order valence-electron chi connectivity index (χ1n) is 11.1. The summed E-state index contributed by atoms with van der Waals surface area (Å²) in [5.41, 5.74) is 2.96. The monoisotopic (exact) mass is 474 g/mol. The van der Waals surface area contributed by atoms with E-state index in [1.54, 1.807) is 28.0 Å². The van der Waals surface area contributed by atoms with Gasteiger partial charge in [0, 0.05) is 23.5 Å². The van der Waals surface area contributed by atoms with Crippen molar-refractivity contribution >= 4 is 35.3 Å². The zero-order valence-electron chi connectivity index (χ0n) is 18.4. The van der Waals surface area contributed by atoms with Gasteiger partial charge in [-0.3, -0.25) is 9.59 Å². The lowest BCUT2D eigenvalue weighted by atomic mass is 10.1. The van der Waals surface area contributed by atoms with Crippen LogP contribution in [0.5, 0.6) is 0 Å². The predicted octanol–water partition coefficient (Wildman–Crippen LogP) is 4.98. The van der Waals surface area contributed by atoms with E-state index in [2.05, 4.69) is 0 Å². The van der Waals surface area contributed by atoms with Crippen LogP contribution < -0.4 is 4.90 Å².